The van der Waals surface area contributed by atoms with Crippen LogP contribution in [0.25, 0.3) is 16.7 Å². The minimum atomic E-state index is -0.234. The third-order valence-electron chi connectivity index (χ3n) is 10.3. The lowest BCUT2D eigenvalue weighted by atomic mass is 9.48. The maximum Gasteiger partial charge on any atom is 0.323 e. The third kappa shape index (κ3) is 3.83. The third-order valence-corrected chi connectivity index (χ3v) is 10.3. The SMILES string of the molecule is Cc1[nH]n(-c2ccc(C34CC5CC(CC(C5)C3)C4)cc2)c(=O)c1C=Nc1cc2[nH]c(=O)[nH]c2cc1N1CCCC1. The Hall–Kier alpha value is -3.81. The molecule has 4 aliphatic carbocycles. The van der Waals surface area contributed by atoms with E-state index in [-0.39, 0.29) is 11.2 Å². The molecule has 0 spiro atoms. The van der Waals surface area contributed by atoms with Gasteiger partial charge in [-0.3, -0.25) is 14.9 Å². The number of hydrogen-bond acceptors (Lipinski definition) is 4. The van der Waals surface area contributed by atoms with Crippen molar-refractivity contribution in [3.8, 4) is 5.69 Å². The number of fused-ring (bicyclic) bond motifs is 1. The molecule has 4 bridgehead atoms. The minimum Gasteiger partial charge on any atom is -0.370 e. The summed E-state index contributed by atoms with van der Waals surface area (Å²) in [7, 11) is 0. The van der Waals surface area contributed by atoms with Gasteiger partial charge >= 0.3 is 5.69 Å². The van der Waals surface area contributed by atoms with Gasteiger partial charge in [-0.25, -0.2) is 9.48 Å². The van der Waals surface area contributed by atoms with Gasteiger partial charge in [-0.15, -0.1) is 0 Å². The van der Waals surface area contributed by atoms with Crippen LogP contribution in [0.1, 0.15) is 68.2 Å². The van der Waals surface area contributed by atoms with Crippen molar-refractivity contribution in [2.75, 3.05) is 18.0 Å². The average Bonchev–Trinajstić information content (AvgIpc) is 3.65. The van der Waals surface area contributed by atoms with Gasteiger partial charge in [-0.1, -0.05) is 12.1 Å². The summed E-state index contributed by atoms with van der Waals surface area (Å²) in [4.78, 5) is 38.2. The molecular formula is C32H36N6O2. The number of aromatic nitrogens is 4. The first-order valence-corrected chi connectivity index (χ1v) is 14.9. The number of anilines is 1. The largest absolute Gasteiger partial charge is 0.370 e. The van der Waals surface area contributed by atoms with Crippen molar-refractivity contribution in [2.24, 2.45) is 22.7 Å². The number of nitrogens with one attached hydrogen (secondary N) is 3. The summed E-state index contributed by atoms with van der Waals surface area (Å²) in [5, 5.41) is 3.27. The van der Waals surface area contributed by atoms with Crippen molar-refractivity contribution in [3.05, 3.63) is 74.1 Å². The molecule has 9 rings (SSSR count). The maximum absolute atomic E-state index is 13.6. The molecular weight excluding hydrogens is 500 g/mol. The van der Waals surface area contributed by atoms with E-state index in [0.29, 0.717) is 16.5 Å². The summed E-state index contributed by atoms with van der Waals surface area (Å²) in [5.41, 5.74) is 6.83. The molecule has 0 amide bonds. The molecule has 2 aromatic carbocycles. The zero-order chi connectivity index (χ0) is 27.0. The number of hydrogen-bond donors (Lipinski definition) is 3. The first-order chi connectivity index (χ1) is 19.4. The lowest BCUT2D eigenvalue weighted by molar-refractivity contribution is -0.00518. The van der Waals surface area contributed by atoms with Crippen molar-refractivity contribution in [2.45, 2.75) is 63.7 Å². The quantitative estimate of drug-likeness (QED) is 0.295. The van der Waals surface area contributed by atoms with Crippen LogP contribution in [0.2, 0.25) is 0 Å². The van der Waals surface area contributed by atoms with E-state index >= 15 is 0 Å². The zero-order valence-electron chi connectivity index (χ0n) is 23.0. The molecule has 5 fully saturated rings. The van der Waals surface area contributed by atoms with Gasteiger partial charge in [0.15, 0.2) is 0 Å². The molecule has 1 aliphatic heterocycles. The second-order valence-electron chi connectivity index (χ2n) is 13.0. The summed E-state index contributed by atoms with van der Waals surface area (Å²) >= 11 is 0. The molecule has 4 aromatic rings. The highest BCUT2D eigenvalue weighted by Gasteiger charge is 2.51. The molecule has 2 aromatic heterocycles. The number of aryl methyl sites for hydroxylation is 1. The van der Waals surface area contributed by atoms with Crippen LogP contribution in [0.5, 0.6) is 0 Å². The van der Waals surface area contributed by atoms with E-state index in [2.05, 4.69) is 44.2 Å². The van der Waals surface area contributed by atoms with Crippen LogP contribution in [-0.2, 0) is 5.41 Å². The fourth-order valence-corrected chi connectivity index (χ4v) is 8.83. The van der Waals surface area contributed by atoms with Crippen molar-refractivity contribution in [3.63, 3.8) is 0 Å². The monoisotopic (exact) mass is 536 g/mol. The van der Waals surface area contributed by atoms with Gasteiger partial charge in [0.25, 0.3) is 5.56 Å². The first-order valence-electron chi connectivity index (χ1n) is 14.9. The minimum absolute atomic E-state index is 0.109. The van der Waals surface area contributed by atoms with Crippen molar-refractivity contribution >= 4 is 28.6 Å². The number of benzene rings is 2. The predicted octanol–water partition coefficient (Wildman–Crippen LogP) is 5.46. The van der Waals surface area contributed by atoms with E-state index in [9.17, 15) is 9.59 Å². The maximum atomic E-state index is 13.6. The van der Waals surface area contributed by atoms with E-state index in [4.69, 9.17) is 4.99 Å². The number of rotatable bonds is 5. The van der Waals surface area contributed by atoms with Gasteiger partial charge in [0, 0.05) is 25.0 Å². The van der Waals surface area contributed by atoms with E-state index in [1.165, 1.54) is 44.1 Å². The molecule has 8 nitrogen and oxygen atoms in total. The van der Waals surface area contributed by atoms with Crippen molar-refractivity contribution in [1.82, 2.24) is 19.7 Å². The normalized spacial score (nSPS) is 27.5. The highest BCUT2D eigenvalue weighted by molar-refractivity contribution is 5.91. The number of nitrogens with zero attached hydrogens (tertiary/aromatic N) is 3. The van der Waals surface area contributed by atoms with Crippen LogP contribution in [0.4, 0.5) is 11.4 Å². The van der Waals surface area contributed by atoms with Gasteiger partial charge in [0.1, 0.15) is 0 Å². The van der Waals surface area contributed by atoms with E-state index in [1.54, 1.807) is 10.9 Å². The molecule has 5 aliphatic rings. The van der Waals surface area contributed by atoms with Crippen LogP contribution >= 0.6 is 0 Å². The lowest BCUT2D eigenvalue weighted by Gasteiger charge is -2.57. The molecule has 0 radical (unpaired) electrons. The number of imidazole rings is 1. The molecule has 4 saturated carbocycles. The van der Waals surface area contributed by atoms with Crippen molar-refractivity contribution < 1.29 is 0 Å². The Labute approximate surface area is 232 Å². The Balaban J connectivity index is 1.11. The van der Waals surface area contributed by atoms with E-state index in [0.717, 1.165) is 72.0 Å². The van der Waals surface area contributed by atoms with E-state index in [1.807, 2.05) is 19.1 Å². The number of H-pyrrole nitrogens is 3. The highest BCUT2D eigenvalue weighted by Crippen LogP contribution is 2.60. The number of aromatic amines is 3. The van der Waals surface area contributed by atoms with Crippen LogP contribution in [0.15, 0.2) is 51.0 Å². The van der Waals surface area contributed by atoms with Gasteiger partial charge in [-0.05, 0) is 111 Å². The predicted molar refractivity (Wildman–Crippen MR) is 159 cm³/mol. The van der Waals surface area contributed by atoms with Crippen LogP contribution < -0.4 is 16.1 Å². The number of aliphatic imine (C=N–C) groups is 1. The Morgan fingerprint density at radius 3 is 2.17 bits per heavy atom. The van der Waals surface area contributed by atoms with Crippen LogP contribution in [0, 0.1) is 24.7 Å². The molecule has 40 heavy (non-hydrogen) atoms. The molecule has 8 heteroatoms. The Morgan fingerprint density at radius 2 is 1.52 bits per heavy atom. The van der Waals surface area contributed by atoms with Crippen LogP contribution in [-0.4, -0.2) is 39.1 Å². The Morgan fingerprint density at radius 1 is 0.900 bits per heavy atom. The van der Waals surface area contributed by atoms with Gasteiger partial charge in [-0.2, -0.15) is 0 Å². The molecule has 3 heterocycles. The van der Waals surface area contributed by atoms with Crippen LogP contribution in [0.3, 0.4) is 0 Å². The smallest absolute Gasteiger partial charge is 0.323 e. The summed E-state index contributed by atoms with van der Waals surface area (Å²) < 4.78 is 1.63. The highest BCUT2D eigenvalue weighted by atomic mass is 16.1. The molecule has 0 unspecified atom stereocenters. The zero-order valence-corrected chi connectivity index (χ0v) is 23.0. The molecule has 1 saturated heterocycles. The molecule has 206 valence electrons. The lowest BCUT2D eigenvalue weighted by Crippen LogP contribution is -2.48. The van der Waals surface area contributed by atoms with Crippen molar-refractivity contribution in [1.29, 1.82) is 0 Å². The second-order valence-corrected chi connectivity index (χ2v) is 13.0. The van der Waals surface area contributed by atoms with Gasteiger partial charge in [0.2, 0.25) is 0 Å². The fourth-order valence-electron chi connectivity index (χ4n) is 8.83. The van der Waals surface area contributed by atoms with E-state index < -0.39 is 0 Å². The fraction of sp³-hybridized carbons (Fsp3) is 0.469. The van der Waals surface area contributed by atoms with Gasteiger partial charge < -0.3 is 14.9 Å². The first kappa shape index (κ1) is 24.0. The topological polar surface area (TPSA) is 102 Å². The van der Waals surface area contributed by atoms with Gasteiger partial charge in [0.05, 0.1) is 33.7 Å². The Bertz CT molecular complexity index is 1710. The second kappa shape index (κ2) is 8.85. The standard InChI is InChI=1S/C32H36N6O2/c1-19-25(18-33-28-13-26-27(35-31(40)34-26)14-29(28)37-8-2-3-9-37)30(39)38(36-19)24-6-4-23(5-7-24)32-15-20-10-21(16-32)12-22(11-20)17-32/h4-7,13-14,18,20-22,36H,2-3,8-12,15-17H2,1H3,(H2,34,35,40). The summed E-state index contributed by atoms with van der Waals surface area (Å²) in [6.07, 6.45) is 12.3. The molecule has 0 atom stereocenters. The summed E-state index contributed by atoms with van der Waals surface area (Å²) in [5.74, 6) is 2.72. The Kier molecular flexibility index (Phi) is 5.31. The summed E-state index contributed by atoms with van der Waals surface area (Å²) in [6.45, 7) is 3.83. The average molecular weight is 537 g/mol. The summed E-state index contributed by atoms with van der Waals surface area (Å²) in [6, 6.07) is 12.6. The molecule has 3 N–H and O–H groups in total.